The highest BCUT2D eigenvalue weighted by molar-refractivity contribution is 7.89. The smallest absolute Gasteiger partial charge is 0.322 e. The van der Waals surface area contributed by atoms with E-state index in [-0.39, 0.29) is 19.8 Å². The minimum atomic E-state index is -3.93. The summed E-state index contributed by atoms with van der Waals surface area (Å²) in [6.07, 6.45) is 0.503. The monoisotopic (exact) mass is 309 g/mol. The molecule has 1 saturated heterocycles. The van der Waals surface area contributed by atoms with E-state index in [2.05, 4.69) is 4.74 Å². The third kappa shape index (κ3) is 3.90. The van der Waals surface area contributed by atoms with Gasteiger partial charge in [0.1, 0.15) is 0 Å². The molecule has 2 unspecified atom stereocenters. The van der Waals surface area contributed by atoms with Crippen LogP contribution in [0.25, 0.3) is 0 Å². The van der Waals surface area contributed by atoms with Crippen molar-refractivity contribution in [1.29, 1.82) is 0 Å². The highest BCUT2D eigenvalue weighted by Crippen LogP contribution is 2.23. The van der Waals surface area contributed by atoms with Crippen molar-refractivity contribution in [3.05, 3.63) is 0 Å². The number of hydrogen-bond donors (Lipinski definition) is 1. The molecule has 1 rings (SSSR count). The van der Waals surface area contributed by atoms with E-state index in [1.165, 1.54) is 0 Å². The molecule has 0 aromatic heterocycles. The first kappa shape index (κ1) is 16.9. The number of aliphatic carboxylic acids is 1. The van der Waals surface area contributed by atoms with Crippen LogP contribution >= 0.6 is 0 Å². The van der Waals surface area contributed by atoms with Gasteiger partial charge in [-0.15, -0.1) is 0 Å². The number of hydrogen-bond acceptors (Lipinski definition) is 6. The fraction of sp³-hybridized carbons (Fsp3) is 0.818. The molecule has 1 N–H and O–H groups in total. The van der Waals surface area contributed by atoms with Crippen molar-refractivity contribution in [3.8, 4) is 0 Å². The first-order valence-electron chi connectivity index (χ1n) is 6.20. The van der Waals surface area contributed by atoms with E-state index in [4.69, 9.17) is 9.84 Å². The van der Waals surface area contributed by atoms with Crippen LogP contribution < -0.4 is 0 Å². The predicted molar refractivity (Wildman–Crippen MR) is 68.5 cm³/mol. The Balaban J connectivity index is 2.98. The summed E-state index contributed by atoms with van der Waals surface area (Å²) in [6, 6.07) is -0.790. The molecule has 0 amide bonds. The normalized spacial score (nSPS) is 22.9. The average molecular weight is 309 g/mol. The fourth-order valence-corrected chi connectivity index (χ4v) is 3.75. The van der Waals surface area contributed by atoms with E-state index in [1.807, 2.05) is 0 Å². The number of nitrogens with zero attached hydrogens (tertiary/aromatic N) is 1. The van der Waals surface area contributed by atoms with Gasteiger partial charge < -0.3 is 14.6 Å². The third-order valence-corrected chi connectivity index (χ3v) is 4.84. The molecule has 1 heterocycles. The summed E-state index contributed by atoms with van der Waals surface area (Å²) in [5.41, 5.74) is 0. The van der Waals surface area contributed by atoms with Crippen LogP contribution in [-0.4, -0.2) is 68.4 Å². The van der Waals surface area contributed by atoms with E-state index >= 15 is 0 Å². The molecule has 2 atom stereocenters. The number of carboxylic acids is 1. The molecule has 1 fully saturated rings. The number of sulfonamides is 1. The van der Waals surface area contributed by atoms with Gasteiger partial charge in [0.15, 0.2) is 5.75 Å². The molecule has 0 aromatic rings. The third-order valence-electron chi connectivity index (χ3n) is 3.07. The maximum atomic E-state index is 12.2. The second kappa shape index (κ2) is 7.00. The molecule has 20 heavy (non-hydrogen) atoms. The van der Waals surface area contributed by atoms with Gasteiger partial charge in [-0.25, -0.2) is 8.42 Å². The highest BCUT2D eigenvalue weighted by atomic mass is 32.2. The van der Waals surface area contributed by atoms with Gasteiger partial charge in [0.2, 0.25) is 10.0 Å². The van der Waals surface area contributed by atoms with Crippen molar-refractivity contribution >= 4 is 22.0 Å². The Morgan fingerprint density at radius 2 is 2.05 bits per heavy atom. The van der Waals surface area contributed by atoms with Crippen LogP contribution in [-0.2, 0) is 29.1 Å². The first-order valence-corrected chi connectivity index (χ1v) is 7.81. The quantitative estimate of drug-likeness (QED) is 0.619. The lowest BCUT2D eigenvalue weighted by molar-refractivity contribution is -0.142. The summed E-state index contributed by atoms with van der Waals surface area (Å²) in [7, 11) is -2.83. The van der Waals surface area contributed by atoms with Crippen molar-refractivity contribution in [2.45, 2.75) is 19.4 Å². The maximum absolute atomic E-state index is 12.2. The molecule has 1 aliphatic heterocycles. The average Bonchev–Trinajstić information content (AvgIpc) is 2.83. The summed E-state index contributed by atoms with van der Waals surface area (Å²) < 4.78 is 34.9. The van der Waals surface area contributed by atoms with Gasteiger partial charge in [0.25, 0.3) is 0 Å². The molecule has 0 bridgehead atoms. The zero-order chi connectivity index (χ0) is 15.3. The first-order chi connectivity index (χ1) is 9.33. The maximum Gasteiger partial charge on any atom is 0.322 e. The summed E-state index contributed by atoms with van der Waals surface area (Å²) in [4.78, 5) is 22.3. The lowest BCUT2D eigenvalue weighted by atomic mass is 10.0. The molecular formula is C11H19NO7S. The Kier molecular flexibility index (Phi) is 5.90. The summed E-state index contributed by atoms with van der Waals surface area (Å²) in [5.74, 6) is -3.71. The predicted octanol–water partition coefficient (Wildman–Crippen LogP) is -0.699. The van der Waals surface area contributed by atoms with Crippen molar-refractivity contribution < 1.29 is 32.6 Å². The van der Waals surface area contributed by atoms with E-state index < -0.39 is 39.7 Å². The number of rotatable bonds is 7. The Morgan fingerprint density at radius 1 is 1.40 bits per heavy atom. The number of carbonyl (C=O) groups is 2. The molecule has 0 aliphatic carbocycles. The molecule has 0 radical (unpaired) electrons. The minimum absolute atomic E-state index is 0.0113. The van der Waals surface area contributed by atoms with Crippen LogP contribution in [0.1, 0.15) is 13.3 Å². The van der Waals surface area contributed by atoms with E-state index in [1.54, 1.807) is 6.92 Å². The number of ether oxygens (including phenoxy) is 2. The van der Waals surface area contributed by atoms with Crippen molar-refractivity contribution in [2.24, 2.45) is 5.92 Å². The molecule has 8 nitrogen and oxygen atoms in total. The van der Waals surface area contributed by atoms with E-state index in [0.29, 0.717) is 6.42 Å². The second-order valence-electron chi connectivity index (χ2n) is 4.49. The Hall–Kier alpha value is -1.19. The van der Waals surface area contributed by atoms with Gasteiger partial charge in [0.05, 0.1) is 32.3 Å². The number of carbonyl (C=O) groups excluding carboxylic acids is 1. The van der Waals surface area contributed by atoms with Gasteiger partial charge in [-0.3, -0.25) is 9.59 Å². The summed E-state index contributed by atoms with van der Waals surface area (Å²) in [6.45, 7) is 1.88. The zero-order valence-electron chi connectivity index (χ0n) is 11.4. The van der Waals surface area contributed by atoms with Gasteiger partial charge >= 0.3 is 11.9 Å². The van der Waals surface area contributed by atoms with Crippen molar-refractivity contribution in [3.63, 3.8) is 0 Å². The van der Waals surface area contributed by atoms with Crippen molar-refractivity contribution in [2.75, 3.05) is 32.6 Å². The molecule has 1 aliphatic rings. The second-order valence-corrected chi connectivity index (χ2v) is 6.41. The van der Waals surface area contributed by atoms with Crippen LogP contribution in [0.2, 0.25) is 0 Å². The van der Waals surface area contributed by atoms with E-state index in [9.17, 15) is 18.0 Å². The Labute approximate surface area is 117 Å². The molecule has 0 spiro atoms. The van der Waals surface area contributed by atoms with E-state index in [0.717, 1.165) is 11.4 Å². The number of methoxy groups -OCH3 is 1. The van der Waals surface area contributed by atoms with Crippen LogP contribution in [0.15, 0.2) is 0 Å². The number of esters is 1. The fourth-order valence-electron chi connectivity index (χ4n) is 2.09. The molecule has 116 valence electrons. The zero-order valence-corrected chi connectivity index (χ0v) is 12.3. The largest absolute Gasteiger partial charge is 0.481 e. The van der Waals surface area contributed by atoms with Crippen LogP contribution in [0.5, 0.6) is 0 Å². The highest BCUT2D eigenvalue weighted by Gasteiger charge is 2.43. The Morgan fingerprint density at radius 3 is 2.55 bits per heavy atom. The lowest BCUT2D eigenvalue weighted by Crippen LogP contribution is -2.48. The van der Waals surface area contributed by atoms with Gasteiger partial charge in [-0.1, -0.05) is 6.92 Å². The topological polar surface area (TPSA) is 110 Å². The Bertz CT molecular complexity index is 461. The summed E-state index contributed by atoms with van der Waals surface area (Å²) >= 11 is 0. The SMILES string of the molecule is CCCN(C1COCC1C(=O)O)S(=O)(=O)CC(=O)OC. The minimum Gasteiger partial charge on any atom is -0.481 e. The van der Waals surface area contributed by atoms with Gasteiger partial charge in [-0.2, -0.15) is 4.31 Å². The standard InChI is InChI=1S/C11H19NO7S/c1-3-4-12(20(16,17)7-10(13)18-2)9-6-19-5-8(9)11(14)15/h8-9H,3-7H2,1-2H3,(H,14,15). The van der Waals surface area contributed by atoms with Gasteiger partial charge in [-0.05, 0) is 6.42 Å². The van der Waals surface area contributed by atoms with Crippen LogP contribution in [0, 0.1) is 5.92 Å². The van der Waals surface area contributed by atoms with Crippen molar-refractivity contribution in [1.82, 2.24) is 4.31 Å². The molecule has 0 saturated carbocycles. The lowest BCUT2D eigenvalue weighted by Gasteiger charge is -2.28. The molecule has 0 aromatic carbocycles. The van der Waals surface area contributed by atoms with Gasteiger partial charge in [0, 0.05) is 6.54 Å². The molecular weight excluding hydrogens is 290 g/mol. The van der Waals surface area contributed by atoms with Crippen LogP contribution in [0.4, 0.5) is 0 Å². The summed E-state index contributed by atoms with van der Waals surface area (Å²) in [5, 5.41) is 9.10. The number of carboxylic acid groups (broad SMARTS) is 1. The molecule has 9 heteroatoms. The van der Waals surface area contributed by atoms with Crippen LogP contribution in [0.3, 0.4) is 0 Å².